The summed E-state index contributed by atoms with van der Waals surface area (Å²) in [7, 11) is -3.72. The van der Waals surface area contributed by atoms with E-state index in [0.717, 1.165) is 6.42 Å². The predicted octanol–water partition coefficient (Wildman–Crippen LogP) is 1.82. The molecule has 21 heavy (non-hydrogen) atoms. The molecule has 2 rings (SSSR count). The average Bonchev–Trinajstić information content (AvgIpc) is 2.47. The van der Waals surface area contributed by atoms with Crippen LogP contribution in [0.5, 0.6) is 0 Å². The van der Waals surface area contributed by atoms with Crippen molar-refractivity contribution in [1.82, 2.24) is 4.31 Å². The molecule has 0 aliphatic carbocycles. The predicted molar refractivity (Wildman–Crippen MR) is 81.3 cm³/mol. The standard InChI is InChI=1S/C14H18ClN3O2S/c1-10-4-5-18(9-12(10)8-17)21(19,20)14-6-13(15)3-2-11(14)7-16/h2-3,6,10,12H,4-5,8-9,17H2,1H3. The van der Waals surface area contributed by atoms with Crippen LogP contribution in [0.2, 0.25) is 5.02 Å². The molecule has 7 heteroatoms. The third-order valence-corrected chi connectivity index (χ3v) is 6.20. The fourth-order valence-electron chi connectivity index (χ4n) is 2.58. The smallest absolute Gasteiger partial charge is 0.244 e. The Balaban J connectivity index is 2.39. The van der Waals surface area contributed by atoms with E-state index in [1.54, 1.807) is 0 Å². The van der Waals surface area contributed by atoms with Crippen molar-refractivity contribution in [2.24, 2.45) is 17.6 Å². The third kappa shape index (κ3) is 3.22. The monoisotopic (exact) mass is 327 g/mol. The Kier molecular flexibility index (Phi) is 4.89. The van der Waals surface area contributed by atoms with E-state index in [-0.39, 0.29) is 16.4 Å². The van der Waals surface area contributed by atoms with Crippen LogP contribution >= 0.6 is 11.6 Å². The van der Waals surface area contributed by atoms with Crippen LogP contribution in [-0.2, 0) is 10.0 Å². The van der Waals surface area contributed by atoms with Crippen molar-refractivity contribution in [2.45, 2.75) is 18.2 Å². The van der Waals surface area contributed by atoms with E-state index >= 15 is 0 Å². The van der Waals surface area contributed by atoms with Gasteiger partial charge in [0.2, 0.25) is 10.0 Å². The molecule has 0 saturated carbocycles. The van der Waals surface area contributed by atoms with Gasteiger partial charge in [-0.25, -0.2) is 8.42 Å². The second kappa shape index (κ2) is 6.32. The molecule has 1 aliphatic heterocycles. The van der Waals surface area contributed by atoms with E-state index in [0.29, 0.717) is 30.6 Å². The zero-order chi connectivity index (χ0) is 15.6. The van der Waals surface area contributed by atoms with Crippen LogP contribution in [0, 0.1) is 23.2 Å². The van der Waals surface area contributed by atoms with Crippen LogP contribution in [0.25, 0.3) is 0 Å². The van der Waals surface area contributed by atoms with Gasteiger partial charge in [0.1, 0.15) is 11.0 Å². The van der Waals surface area contributed by atoms with Crippen LogP contribution in [-0.4, -0.2) is 32.4 Å². The highest BCUT2D eigenvalue weighted by atomic mass is 35.5. The maximum absolute atomic E-state index is 12.8. The van der Waals surface area contributed by atoms with Crippen molar-refractivity contribution in [3.05, 3.63) is 28.8 Å². The summed E-state index contributed by atoms with van der Waals surface area (Å²) in [4.78, 5) is -0.0252. The normalized spacial score (nSPS) is 23.7. The molecule has 1 fully saturated rings. The van der Waals surface area contributed by atoms with Crippen LogP contribution in [0.15, 0.2) is 23.1 Å². The van der Waals surface area contributed by atoms with E-state index < -0.39 is 10.0 Å². The molecule has 2 unspecified atom stereocenters. The number of hydrogen-bond donors (Lipinski definition) is 1. The number of benzene rings is 1. The minimum atomic E-state index is -3.72. The SMILES string of the molecule is CC1CCN(S(=O)(=O)c2cc(Cl)ccc2C#N)CC1CN. The molecule has 2 N–H and O–H groups in total. The molecule has 5 nitrogen and oxygen atoms in total. The van der Waals surface area contributed by atoms with Gasteiger partial charge in [-0.1, -0.05) is 18.5 Å². The molecule has 114 valence electrons. The molecule has 0 spiro atoms. The number of nitrogens with zero attached hydrogens (tertiary/aromatic N) is 2. The quantitative estimate of drug-likeness (QED) is 0.917. The molecule has 0 aromatic heterocycles. The Morgan fingerprint density at radius 2 is 2.24 bits per heavy atom. The summed E-state index contributed by atoms with van der Waals surface area (Å²) >= 11 is 5.89. The molecular formula is C14H18ClN3O2S. The first kappa shape index (κ1) is 16.2. The van der Waals surface area contributed by atoms with Gasteiger partial charge in [-0.2, -0.15) is 9.57 Å². The molecule has 1 aliphatic rings. The summed E-state index contributed by atoms with van der Waals surface area (Å²) in [6.07, 6.45) is 0.767. The number of halogens is 1. The van der Waals surface area contributed by atoms with E-state index in [9.17, 15) is 8.42 Å². The second-order valence-corrected chi connectivity index (χ2v) is 7.72. The van der Waals surface area contributed by atoms with E-state index in [2.05, 4.69) is 6.92 Å². The highest BCUT2D eigenvalue weighted by Crippen LogP contribution is 2.29. The summed E-state index contributed by atoms with van der Waals surface area (Å²) in [5.41, 5.74) is 5.84. The molecule has 1 heterocycles. The summed E-state index contributed by atoms with van der Waals surface area (Å²) in [6, 6.07) is 6.20. The zero-order valence-corrected chi connectivity index (χ0v) is 13.4. The number of rotatable bonds is 3. The number of piperidine rings is 1. The van der Waals surface area contributed by atoms with Gasteiger partial charge in [-0.05, 0) is 43.0 Å². The first-order valence-corrected chi connectivity index (χ1v) is 8.61. The largest absolute Gasteiger partial charge is 0.330 e. The van der Waals surface area contributed by atoms with Crippen LogP contribution in [0.1, 0.15) is 18.9 Å². The van der Waals surface area contributed by atoms with E-state index in [4.69, 9.17) is 22.6 Å². The van der Waals surface area contributed by atoms with Gasteiger partial charge in [-0.15, -0.1) is 0 Å². The van der Waals surface area contributed by atoms with Gasteiger partial charge in [0, 0.05) is 18.1 Å². The molecule has 2 atom stereocenters. The number of sulfonamides is 1. The summed E-state index contributed by atoms with van der Waals surface area (Å²) in [6.45, 7) is 3.37. The highest BCUT2D eigenvalue weighted by molar-refractivity contribution is 7.89. The topological polar surface area (TPSA) is 87.2 Å². The Bertz CT molecular complexity index is 669. The second-order valence-electron chi connectivity index (χ2n) is 5.38. The minimum absolute atomic E-state index is 0.0252. The van der Waals surface area contributed by atoms with Gasteiger partial charge >= 0.3 is 0 Å². The van der Waals surface area contributed by atoms with Crippen molar-refractivity contribution < 1.29 is 8.42 Å². The Morgan fingerprint density at radius 3 is 2.86 bits per heavy atom. The van der Waals surface area contributed by atoms with Gasteiger partial charge in [0.25, 0.3) is 0 Å². The van der Waals surface area contributed by atoms with Crippen LogP contribution < -0.4 is 5.73 Å². The van der Waals surface area contributed by atoms with Gasteiger partial charge in [0.15, 0.2) is 0 Å². The lowest BCUT2D eigenvalue weighted by Crippen LogP contribution is -2.45. The summed E-state index contributed by atoms with van der Waals surface area (Å²) in [5.74, 6) is 0.537. The molecule has 0 bridgehead atoms. The maximum atomic E-state index is 12.8. The molecule has 0 radical (unpaired) electrons. The lowest BCUT2D eigenvalue weighted by atomic mass is 9.88. The lowest BCUT2D eigenvalue weighted by Gasteiger charge is -2.35. The third-order valence-electron chi connectivity index (χ3n) is 4.06. The average molecular weight is 328 g/mol. The first-order chi connectivity index (χ1) is 9.90. The summed E-state index contributed by atoms with van der Waals surface area (Å²) < 4.78 is 26.9. The molecule has 1 aromatic carbocycles. The van der Waals surface area contributed by atoms with Crippen molar-refractivity contribution in [3.63, 3.8) is 0 Å². The lowest BCUT2D eigenvalue weighted by molar-refractivity contribution is 0.203. The molecule has 1 aromatic rings. The Morgan fingerprint density at radius 1 is 1.52 bits per heavy atom. The van der Waals surface area contributed by atoms with Crippen molar-refractivity contribution >= 4 is 21.6 Å². The van der Waals surface area contributed by atoms with Gasteiger partial charge < -0.3 is 5.73 Å². The molecular weight excluding hydrogens is 310 g/mol. The van der Waals surface area contributed by atoms with E-state index in [1.807, 2.05) is 6.07 Å². The minimum Gasteiger partial charge on any atom is -0.330 e. The van der Waals surface area contributed by atoms with E-state index in [1.165, 1.54) is 22.5 Å². The maximum Gasteiger partial charge on any atom is 0.244 e. The van der Waals surface area contributed by atoms with Crippen LogP contribution in [0.3, 0.4) is 0 Å². The summed E-state index contributed by atoms with van der Waals surface area (Å²) in [5, 5.41) is 9.41. The van der Waals surface area contributed by atoms with Gasteiger partial charge in [0.05, 0.1) is 5.56 Å². The first-order valence-electron chi connectivity index (χ1n) is 6.80. The molecule has 1 saturated heterocycles. The fraction of sp³-hybridized carbons (Fsp3) is 0.500. The van der Waals surface area contributed by atoms with Crippen LogP contribution in [0.4, 0.5) is 0 Å². The van der Waals surface area contributed by atoms with Crippen molar-refractivity contribution in [3.8, 4) is 6.07 Å². The number of nitrogens with two attached hydrogens (primary N) is 1. The number of hydrogen-bond acceptors (Lipinski definition) is 4. The molecule has 0 amide bonds. The highest BCUT2D eigenvalue weighted by Gasteiger charge is 2.34. The van der Waals surface area contributed by atoms with Gasteiger partial charge in [-0.3, -0.25) is 0 Å². The van der Waals surface area contributed by atoms with Crippen molar-refractivity contribution in [1.29, 1.82) is 5.26 Å². The Hall–Kier alpha value is -1.13. The zero-order valence-electron chi connectivity index (χ0n) is 11.8. The van der Waals surface area contributed by atoms with Crippen molar-refractivity contribution in [2.75, 3.05) is 19.6 Å². The number of nitriles is 1. The Labute approximate surface area is 130 Å². The fourth-order valence-corrected chi connectivity index (χ4v) is 4.50.